The summed E-state index contributed by atoms with van der Waals surface area (Å²) in [4.78, 5) is 0. The summed E-state index contributed by atoms with van der Waals surface area (Å²) in [5.74, 6) is -0.668. The first-order valence-electron chi connectivity index (χ1n) is 4.45. The van der Waals surface area contributed by atoms with Crippen molar-refractivity contribution in [1.29, 1.82) is 0 Å². The highest BCUT2D eigenvalue weighted by Gasteiger charge is 2.38. The number of halogens is 5. The second-order valence-electron chi connectivity index (χ2n) is 3.63. The lowest BCUT2D eigenvalue weighted by Crippen LogP contribution is -2.10. The second-order valence-corrected chi connectivity index (χ2v) is 4.79. The van der Waals surface area contributed by atoms with Crippen molar-refractivity contribution in [2.45, 2.75) is 24.9 Å². The van der Waals surface area contributed by atoms with Gasteiger partial charge in [0.1, 0.15) is 5.82 Å². The molecule has 82 valence electrons. The van der Waals surface area contributed by atoms with Crippen LogP contribution >= 0.6 is 22.6 Å². The average Bonchev–Trinajstić information content (AvgIpc) is 2.89. The molecule has 1 aliphatic rings. The minimum Gasteiger partial charge on any atom is -0.206 e. The molecule has 15 heavy (non-hydrogen) atoms. The number of benzene rings is 1. The second kappa shape index (κ2) is 3.61. The Kier molecular flexibility index (Phi) is 2.68. The van der Waals surface area contributed by atoms with Gasteiger partial charge in [-0.25, -0.2) is 4.39 Å². The average molecular weight is 330 g/mol. The minimum atomic E-state index is -4.38. The Bertz CT molecular complexity index is 393. The summed E-state index contributed by atoms with van der Waals surface area (Å²) in [6.07, 6.45) is -2.93. The van der Waals surface area contributed by atoms with Crippen molar-refractivity contribution in [3.63, 3.8) is 0 Å². The van der Waals surface area contributed by atoms with Gasteiger partial charge in [0, 0.05) is 3.57 Å². The van der Waals surface area contributed by atoms with Gasteiger partial charge in [-0.3, -0.25) is 0 Å². The van der Waals surface area contributed by atoms with E-state index in [1.807, 2.05) is 0 Å². The third kappa shape index (κ3) is 2.26. The predicted molar refractivity (Wildman–Crippen MR) is 56.1 cm³/mol. The highest BCUT2D eigenvalue weighted by Crippen LogP contribution is 2.46. The van der Waals surface area contributed by atoms with E-state index in [1.165, 1.54) is 0 Å². The Morgan fingerprint density at radius 1 is 1.20 bits per heavy atom. The van der Waals surface area contributed by atoms with E-state index < -0.39 is 17.6 Å². The summed E-state index contributed by atoms with van der Waals surface area (Å²) >= 11 is 1.58. The van der Waals surface area contributed by atoms with Crippen LogP contribution in [0.5, 0.6) is 0 Å². The van der Waals surface area contributed by atoms with Crippen LogP contribution < -0.4 is 0 Å². The Balaban J connectivity index is 2.55. The molecule has 0 unspecified atom stereocenters. The van der Waals surface area contributed by atoms with Crippen LogP contribution in [0.3, 0.4) is 0 Å². The predicted octanol–water partition coefficient (Wildman–Crippen LogP) is 4.33. The zero-order valence-corrected chi connectivity index (χ0v) is 9.69. The molecular weight excluding hydrogens is 323 g/mol. The van der Waals surface area contributed by atoms with Crippen LogP contribution in [0.1, 0.15) is 29.9 Å². The fourth-order valence-electron chi connectivity index (χ4n) is 1.54. The third-order valence-corrected chi connectivity index (χ3v) is 3.24. The first kappa shape index (κ1) is 11.2. The molecule has 1 aromatic carbocycles. The molecule has 0 amide bonds. The molecule has 0 saturated heterocycles. The normalized spacial score (nSPS) is 16.9. The van der Waals surface area contributed by atoms with Gasteiger partial charge in [0.05, 0.1) is 5.56 Å². The summed E-state index contributed by atoms with van der Waals surface area (Å²) < 4.78 is 51.0. The van der Waals surface area contributed by atoms with Crippen LogP contribution in [0.25, 0.3) is 0 Å². The van der Waals surface area contributed by atoms with Gasteiger partial charge in [-0.05, 0) is 59.0 Å². The van der Waals surface area contributed by atoms with Crippen molar-refractivity contribution in [3.8, 4) is 0 Å². The lowest BCUT2D eigenvalue weighted by atomic mass is 10.0. The van der Waals surface area contributed by atoms with Crippen LogP contribution in [0.4, 0.5) is 17.6 Å². The van der Waals surface area contributed by atoms with Crippen molar-refractivity contribution >= 4 is 22.6 Å². The number of rotatable bonds is 1. The quantitative estimate of drug-likeness (QED) is 0.531. The highest BCUT2D eigenvalue weighted by molar-refractivity contribution is 14.1. The monoisotopic (exact) mass is 330 g/mol. The first-order chi connectivity index (χ1) is 6.89. The van der Waals surface area contributed by atoms with Gasteiger partial charge in [0.25, 0.3) is 0 Å². The number of hydrogen-bond donors (Lipinski definition) is 0. The van der Waals surface area contributed by atoms with Gasteiger partial charge < -0.3 is 0 Å². The highest BCUT2D eigenvalue weighted by atomic mass is 127. The topological polar surface area (TPSA) is 0 Å². The molecule has 0 nitrogen and oxygen atoms in total. The van der Waals surface area contributed by atoms with Crippen LogP contribution in [-0.2, 0) is 6.18 Å². The van der Waals surface area contributed by atoms with E-state index in [0.717, 1.165) is 25.0 Å². The molecule has 5 heteroatoms. The zero-order valence-electron chi connectivity index (χ0n) is 7.54. The lowest BCUT2D eigenvalue weighted by molar-refractivity contribution is -0.138. The number of hydrogen-bond acceptors (Lipinski definition) is 0. The fraction of sp³-hybridized carbons (Fsp3) is 0.400. The SMILES string of the molecule is Fc1cc(C2CC2)c(C(F)(F)F)cc1I. The van der Waals surface area contributed by atoms with E-state index in [4.69, 9.17) is 0 Å². The molecule has 0 N–H and O–H groups in total. The van der Waals surface area contributed by atoms with E-state index in [2.05, 4.69) is 0 Å². The summed E-state index contributed by atoms with van der Waals surface area (Å²) in [5, 5.41) is 0. The Hall–Kier alpha value is -0.330. The van der Waals surface area contributed by atoms with Crippen LogP contribution in [-0.4, -0.2) is 0 Å². The maximum atomic E-state index is 13.2. The fourth-order valence-corrected chi connectivity index (χ4v) is 2.01. The summed E-state index contributed by atoms with van der Waals surface area (Å²) in [6, 6.07) is 1.92. The van der Waals surface area contributed by atoms with Crippen molar-refractivity contribution < 1.29 is 17.6 Å². The van der Waals surface area contributed by atoms with Gasteiger partial charge in [-0.15, -0.1) is 0 Å². The first-order valence-corrected chi connectivity index (χ1v) is 5.53. The molecule has 1 aromatic rings. The van der Waals surface area contributed by atoms with Crippen molar-refractivity contribution in [1.82, 2.24) is 0 Å². The minimum absolute atomic E-state index is 0.0179. The molecule has 0 spiro atoms. The lowest BCUT2D eigenvalue weighted by Gasteiger charge is -2.13. The molecule has 2 rings (SSSR count). The maximum Gasteiger partial charge on any atom is 0.416 e. The summed E-state index contributed by atoms with van der Waals surface area (Å²) in [5.41, 5.74) is -0.573. The molecule has 0 aromatic heterocycles. The molecule has 0 atom stereocenters. The summed E-state index contributed by atoms with van der Waals surface area (Å²) in [6.45, 7) is 0. The van der Waals surface area contributed by atoms with Gasteiger partial charge in [-0.1, -0.05) is 0 Å². The molecule has 0 radical (unpaired) electrons. The molecule has 0 bridgehead atoms. The van der Waals surface area contributed by atoms with Crippen LogP contribution in [0, 0.1) is 9.39 Å². The molecule has 0 aliphatic heterocycles. The van der Waals surface area contributed by atoms with Gasteiger partial charge in [0.15, 0.2) is 0 Å². The van der Waals surface area contributed by atoms with Crippen molar-refractivity contribution in [3.05, 3.63) is 32.6 Å². The summed E-state index contributed by atoms with van der Waals surface area (Å²) in [7, 11) is 0. The standard InChI is InChI=1S/C10H7F4I/c11-8-3-6(5-1-2-5)7(4-9(8)15)10(12,13)14/h3-5H,1-2H2. The van der Waals surface area contributed by atoms with E-state index in [-0.39, 0.29) is 15.1 Å². The Morgan fingerprint density at radius 2 is 1.80 bits per heavy atom. The van der Waals surface area contributed by atoms with E-state index in [0.29, 0.717) is 0 Å². The van der Waals surface area contributed by atoms with Crippen molar-refractivity contribution in [2.75, 3.05) is 0 Å². The third-order valence-electron chi connectivity index (χ3n) is 2.42. The smallest absolute Gasteiger partial charge is 0.206 e. The molecule has 0 heterocycles. The van der Waals surface area contributed by atoms with Gasteiger partial charge in [-0.2, -0.15) is 13.2 Å². The zero-order chi connectivity index (χ0) is 11.2. The molecule has 1 saturated carbocycles. The van der Waals surface area contributed by atoms with E-state index >= 15 is 0 Å². The van der Waals surface area contributed by atoms with Gasteiger partial charge >= 0.3 is 6.18 Å². The Morgan fingerprint density at radius 3 is 2.27 bits per heavy atom. The Labute approximate surface area is 97.8 Å². The number of alkyl halides is 3. The van der Waals surface area contributed by atoms with E-state index in [9.17, 15) is 17.6 Å². The molecule has 1 aliphatic carbocycles. The van der Waals surface area contributed by atoms with Crippen molar-refractivity contribution in [2.24, 2.45) is 0 Å². The largest absolute Gasteiger partial charge is 0.416 e. The van der Waals surface area contributed by atoms with E-state index in [1.54, 1.807) is 22.6 Å². The van der Waals surface area contributed by atoms with Crippen LogP contribution in [0.2, 0.25) is 0 Å². The molecule has 1 fully saturated rings. The molecular formula is C10H7F4I. The maximum absolute atomic E-state index is 13.2. The van der Waals surface area contributed by atoms with Crippen LogP contribution in [0.15, 0.2) is 12.1 Å². The van der Waals surface area contributed by atoms with Gasteiger partial charge in [0.2, 0.25) is 0 Å².